The minimum atomic E-state index is 1.01. The van der Waals surface area contributed by atoms with Crippen molar-refractivity contribution in [1.82, 2.24) is 0 Å². The molecule has 94 valence electrons. The lowest BCUT2D eigenvalue weighted by Crippen LogP contribution is -1.80. The lowest BCUT2D eigenvalue weighted by molar-refractivity contribution is 1.39. The third kappa shape index (κ3) is 3.20. The van der Waals surface area contributed by atoms with Gasteiger partial charge in [-0.1, -0.05) is 58.4 Å². The van der Waals surface area contributed by atoms with Crippen molar-refractivity contribution >= 4 is 38.5 Å². The molecule has 0 aliphatic rings. The molecule has 3 aromatic carbocycles. The molecule has 0 fully saturated rings. The SMILES string of the molecule is Brc1ccc2ccc(SCc3ccccc3)cc2c1. The van der Waals surface area contributed by atoms with Crippen LogP contribution in [-0.2, 0) is 5.75 Å². The van der Waals surface area contributed by atoms with E-state index in [0.717, 1.165) is 10.2 Å². The molecule has 2 heteroatoms. The Hall–Kier alpha value is -1.25. The number of hydrogen-bond donors (Lipinski definition) is 0. The normalized spacial score (nSPS) is 10.8. The van der Waals surface area contributed by atoms with Crippen molar-refractivity contribution in [2.24, 2.45) is 0 Å². The summed E-state index contributed by atoms with van der Waals surface area (Å²) in [5, 5.41) is 2.57. The highest BCUT2D eigenvalue weighted by atomic mass is 79.9. The molecule has 0 nitrogen and oxygen atoms in total. The van der Waals surface area contributed by atoms with Crippen molar-refractivity contribution < 1.29 is 0 Å². The molecule has 3 rings (SSSR count). The summed E-state index contributed by atoms with van der Waals surface area (Å²) in [6.07, 6.45) is 0. The van der Waals surface area contributed by atoms with Gasteiger partial charge in [0.25, 0.3) is 0 Å². The summed E-state index contributed by atoms with van der Waals surface area (Å²) in [5.74, 6) is 1.01. The predicted octanol–water partition coefficient (Wildman–Crippen LogP) is 5.89. The molecule has 0 aromatic heterocycles. The van der Waals surface area contributed by atoms with E-state index in [4.69, 9.17) is 0 Å². The van der Waals surface area contributed by atoms with Crippen LogP contribution in [0.4, 0.5) is 0 Å². The fourth-order valence-corrected chi connectivity index (χ4v) is 3.31. The standard InChI is InChI=1S/C17H13BrS/c18-16-8-6-14-7-9-17(11-15(14)10-16)19-12-13-4-2-1-3-5-13/h1-11H,12H2. The van der Waals surface area contributed by atoms with Gasteiger partial charge in [-0.2, -0.15) is 0 Å². The van der Waals surface area contributed by atoms with E-state index in [2.05, 4.69) is 82.7 Å². The Balaban J connectivity index is 1.81. The van der Waals surface area contributed by atoms with Crippen LogP contribution in [0, 0.1) is 0 Å². The van der Waals surface area contributed by atoms with Crippen LogP contribution >= 0.6 is 27.7 Å². The minimum Gasteiger partial charge on any atom is -0.121 e. The predicted molar refractivity (Wildman–Crippen MR) is 87.7 cm³/mol. The van der Waals surface area contributed by atoms with Gasteiger partial charge in [-0.3, -0.25) is 0 Å². The second-order valence-electron chi connectivity index (χ2n) is 4.43. The van der Waals surface area contributed by atoms with Crippen molar-refractivity contribution in [2.45, 2.75) is 10.6 Å². The Kier molecular flexibility index (Phi) is 3.90. The van der Waals surface area contributed by atoms with Gasteiger partial charge in [-0.15, -0.1) is 11.8 Å². The molecule has 0 amide bonds. The number of fused-ring (bicyclic) bond motifs is 1. The molecule has 0 N–H and O–H groups in total. The fraction of sp³-hybridized carbons (Fsp3) is 0.0588. The number of benzene rings is 3. The smallest absolute Gasteiger partial charge is 0.0231 e. The number of hydrogen-bond acceptors (Lipinski definition) is 1. The Labute approximate surface area is 126 Å². The number of thioether (sulfide) groups is 1. The minimum absolute atomic E-state index is 1.01. The van der Waals surface area contributed by atoms with Gasteiger partial charge >= 0.3 is 0 Å². The third-order valence-corrected chi connectivity index (χ3v) is 4.58. The summed E-state index contributed by atoms with van der Waals surface area (Å²) >= 11 is 5.40. The van der Waals surface area contributed by atoms with Gasteiger partial charge in [0.05, 0.1) is 0 Å². The van der Waals surface area contributed by atoms with Gasteiger partial charge < -0.3 is 0 Å². The van der Waals surface area contributed by atoms with E-state index in [1.165, 1.54) is 21.2 Å². The lowest BCUT2D eigenvalue weighted by Gasteiger charge is -2.04. The van der Waals surface area contributed by atoms with Crippen LogP contribution in [0.1, 0.15) is 5.56 Å². The summed E-state index contributed by atoms with van der Waals surface area (Å²) in [6, 6.07) is 23.6. The van der Waals surface area contributed by atoms with Crippen LogP contribution < -0.4 is 0 Å². The van der Waals surface area contributed by atoms with Gasteiger partial charge in [0, 0.05) is 15.1 Å². The average molecular weight is 329 g/mol. The maximum absolute atomic E-state index is 3.53. The van der Waals surface area contributed by atoms with E-state index in [0.29, 0.717) is 0 Å². The highest BCUT2D eigenvalue weighted by molar-refractivity contribution is 9.10. The van der Waals surface area contributed by atoms with E-state index >= 15 is 0 Å². The van der Waals surface area contributed by atoms with Crippen molar-refractivity contribution in [3.8, 4) is 0 Å². The Morgan fingerprint density at radius 1 is 0.789 bits per heavy atom. The van der Waals surface area contributed by atoms with Gasteiger partial charge in [-0.25, -0.2) is 0 Å². The first-order chi connectivity index (χ1) is 9.31. The van der Waals surface area contributed by atoms with Crippen LogP contribution in [0.25, 0.3) is 10.8 Å². The van der Waals surface area contributed by atoms with Crippen molar-refractivity contribution in [3.63, 3.8) is 0 Å². The average Bonchev–Trinajstić information content (AvgIpc) is 2.46. The van der Waals surface area contributed by atoms with Gasteiger partial charge in [0.1, 0.15) is 0 Å². The zero-order chi connectivity index (χ0) is 13.1. The molecule has 0 aliphatic heterocycles. The molecule has 3 aromatic rings. The Morgan fingerprint density at radius 3 is 2.42 bits per heavy atom. The molecule has 0 saturated heterocycles. The maximum Gasteiger partial charge on any atom is 0.0231 e. The lowest BCUT2D eigenvalue weighted by atomic mass is 10.1. The first-order valence-corrected chi connectivity index (χ1v) is 7.95. The number of halogens is 1. The van der Waals surface area contributed by atoms with Crippen molar-refractivity contribution in [3.05, 3.63) is 76.8 Å². The Morgan fingerprint density at radius 2 is 1.58 bits per heavy atom. The van der Waals surface area contributed by atoms with E-state index in [1.807, 2.05) is 11.8 Å². The summed E-state index contributed by atoms with van der Waals surface area (Å²) in [4.78, 5) is 1.31. The first kappa shape index (κ1) is 12.8. The quantitative estimate of drug-likeness (QED) is 0.540. The third-order valence-electron chi connectivity index (χ3n) is 3.02. The van der Waals surface area contributed by atoms with E-state index in [-0.39, 0.29) is 0 Å². The van der Waals surface area contributed by atoms with E-state index in [1.54, 1.807) is 0 Å². The molecule has 0 aliphatic carbocycles. The van der Waals surface area contributed by atoms with Crippen LogP contribution in [0.5, 0.6) is 0 Å². The zero-order valence-corrected chi connectivity index (χ0v) is 12.7. The van der Waals surface area contributed by atoms with Gasteiger partial charge in [-0.05, 0) is 40.6 Å². The van der Waals surface area contributed by atoms with Crippen LogP contribution in [-0.4, -0.2) is 0 Å². The summed E-state index contributed by atoms with van der Waals surface area (Å²) in [5.41, 5.74) is 1.36. The monoisotopic (exact) mass is 328 g/mol. The van der Waals surface area contributed by atoms with Crippen LogP contribution in [0.15, 0.2) is 76.1 Å². The second kappa shape index (κ2) is 5.81. The van der Waals surface area contributed by atoms with Crippen molar-refractivity contribution in [1.29, 1.82) is 0 Å². The molecule has 0 heterocycles. The number of rotatable bonds is 3. The molecule has 0 radical (unpaired) electrons. The summed E-state index contributed by atoms with van der Waals surface area (Å²) < 4.78 is 1.13. The first-order valence-electron chi connectivity index (χ1n) is 6.17. The van der Waals surface area contributed by atoms with Crippen LogP contribution in [0.2, 0.25) is 0 Å². The molecule has 0 saturated carbocycles. The molecular formula is C17H13BrS. The van der Waals surface area contributed by atoms with Crippen LogP contribution in [0.3, 0.4) is 0 Å². The summed E-state index contributed by atoms with van der Waals surface area (Å²) in [7, 11) is 0. The van der Waals surface area contributed by atoms with E-state index in [9.17, 15) is 0 Å². The largest absolute Gasteiger partial charge is 0.121 e. The molecular weight excluding hydrogens is 316 g/mol. The van der Waals surface area contributed by atoms with Gasteiger partial charge in [0.15, 0.2) is 0 Å². The molecule has 0 spiro atoms. The highest BCUT2D eigenvalue weighted by Crippen LogP contribution is 2.28. The van der Waals surface area contributed by atoms with Gasteiger partial charge in [0.2, 0.25) is 0 Å². The fourth-order valence-electron chi connectivity index (χ4n) is 2.03. The van der Waals surface area contributed by atoms with Crippen molar-refractivity contribution in [2.75, 3.05) is 0 Å². The molecule has 19 heavy (non-hydrogen) atoms. The maximum atomic E-state index is 3.53. The Bertz CT molecular complexity index is 692. The highest BCUT2D eigenvalue weighted by Gasteiger charge is 1.99. The molecule has 0 unspecified atom stereocenters. The molecule has 0 bridgehead atoms. The topological polar surface area (TPSA) is 0 Å². The summed E-state index contributed by atoms with van der Waals surface area (Å²) in [6.45, 7) is 0. The zero-order valence-electron chi connectivity index (χ0n) is 10.3. The molecule has 0 atom stereocenters. The second-order valence-corrected chi connectivity index (χ2v) is 6.39. The van der Waals surface area contributed by atoms with E-state index < -0.39 is 0 Å².